The van der Waals surface area contributed by atoms with Crippen LogP contribution in [0.5, 0.6) is 5.75 Å². The minimum atomic E-state index is -3.81. The lowest BCUT2D eigenvalue weighted by molar-refractivity contribution is 0.0933. The average Bonchev–Trinajstić information content (AvgIpc) is 3.67. The van der Waals surface area contributed by atoms with Crippen LogP contribution in [0.25, 0.3) is 10.2 Å². The molecule has 0 saturated carbocycles. The predicted octanol–water partition coefficient (Wildman–Crippen LogP) is 3.31. The number of fused-ring (bicyclic) bond motifs is 1. The molecule has 0 radical (unpaired) electrons. The van der Waals surface area contributed by atoms with Crippen LogP contribution in [0, 0.1) is 0 Å². The number of benzene rings is 2. The standard InChI is InChI=1S/C27H30N6O6S2/c1-3-39-27(35)30-13-16-32(17-14-30)41(36,37)22-8-5-20(6-9-22)25(34)33(18-15-31-12-4-11-28-31)26-29-23-10-7-21(38-2)19-24(23)40-26/h4-12,19H,3,13-18H2,1-2H3. The van der Waals surface area contributed by atoms with Gasteiger partial charge in [0, 0.05) is 50.7 Å². The van der Waals surface area contributed by atoms with Gasteiger partial charge in [0.25, 0.3) is 5.91 Å². The van der Waals surface area contributed by atoms with Gasteiger partial charge >= 0.3 is 6.09 Å². The quantitative estimate of drug-likeness (QED) is 0.287. The fourth-order valence-corrected chi connectivity index (χ4v) is 6.90. The van der Waals surface area contributed by atoms with Gasteiger partial charge in [-0.1, -0.05) is 11.3 Å². The van der Waals surface area contributed by atoms with E-state index in [0.717, 1.165) is 10.2 Å². The van der Waals surface area contributed by atoms with Crippen LogP contribution in [0.3, 0.4) is 0 Å². The maximum Gasteiger partial charge on any atom is 0.409 e. The third-order valence-corrected chi connectivity index (χ3v) is 9.63. The highest BCUT2D eigenvalue weighted by molar-refractivity contribution is 7.89. The van der Waals surface area contributed by atoms with E-state index in [2.05, 4.69) is 10.1 Å². The first-order valence-electron chi connectivity index (χ1n) is 13.1. The Balaban J connectivity index is 1.35. The number of anilines is 1. The molecule has 0 atom stereocenters. The van der Waals surface area contributed by atoms with Crippen molar-refractivity contribution >= 4 is 48.7 Å². The molecule has 1 saturated heterocycles. The highest BCUT2D eigenvalue weighted by Gasteiger charge is 2.31. The van der Waals surface area contributed by atoms with E-state index in [4.69, 9.17) is 9.47 Å². The van der Waals surface area contributed by atoms with Crippen LogP contribution in [0.1, 0.15) is 17.3 Å². The van der Waals surface area contributed by atoms with Crippen molar-refractivity contribution in [3.63, 3.8) is 0 Å². The van der Waals surface area contributed by atoms with Crippen LogP contribution in [0.15, 0.2) is 65.8 Å². The molecule has 0 N–H and O–H groups in total. The SMILES string of the molecule is CCOC(=O)N1CCN(S(=O)(=O)c2ccc(C(=O)N(CCn3cccn3)c3nc4ccc(OC)cc4s3)cc2)CC1. The molecule has 2 aromatic heterocycles. The first-order valence-corrected chi connectivity index (χ1v) is 15.3. The van der Waals surface area contributed by atoms with E-state index in [1.165, 1.54) is 44.8 Å². The molecule has 0 bridgehead atoms. The molecule has 14 heteroatoms. The highest BCUT2D eigenvalue weighted by atomic mass is 32.2. The number of nitrogens with zero attached hydrogens (tertiary/aromatic N) is 6. The van der Waals surface area contributed by atoms with Crippen LogP contribution in [0.2, 0.25) is 0 Å². The van der Waals surface area contributed by atoms with E-state index in [9.17, 15) is 18.0 Å². The third kappa shape index (κ3) is 6.19. The number of methoxy groups -OCH3 is 1. The summed E-state index contributed by atoms with van der Waals surface area (Å²) in [5, 5.41) is 4.75. The monoisotopic (exact) mass is 598 g/mol. The van der Waals surface area contributed by atoms with Gasteiger partial charge in [0.2, 0.25) is 10.0 Å². The van der Waals surface area contributed by atoms with E-state index in [-0.39, 0.29) is 43.6 Å². The van der Waals surface area contributed by atoms with Crippen LogP contribution >= 0.6 is 11.3 Å². The van der Waals surface area contributed by atoms with Crippen molar-refractivity contribution in [2.24, 2.45) is 0 Å². The third-order valence-electron chi connectivity index (χ3n) is 6.68. The van der Waals surface area contributed by atoms with Crippen LogP contribution < -0.4 is 9.64 Å². The maximum absolute atomic E-state index is 13.7. The smallest absolute Gasteiger partial charge is 0.409 e. The largest absolute Gasteiger partial charge is 0.497 e. The summed E-state index contributed by atoms with van der Waals surface area (Å²) in [6.07, 6.45) is 3.04. The molecule has 0 spiro atoms. The van der Waals surface area contributed by atoms with E-state index in [0.29, 0.717) is 29.5 Å². The van der Waals surface area contributed by atoms with E-state index in [1.54, 1.807) is 29.8 Å². The second-order valence-electron chi connectivity index (χ2n) is 9.17. The van der Waals surface area contributed by atoms with Crippen LogP contribution in [-0.2, 0) is 21.3 Å². The summed E-state index contributed by atoms with van der Waals surface area (Å²) in [5.74, 6) is 0.386. The lowest BCUT2D eigenvalue weighted by atomic mass is 10.2. The summed E-state index contributed by atoms with van der Waals surface area (Å²) in [5.41, 5.74) is 1.07. The topological polar surface area (TPSA) is 127 Å². The summed E-state index contributed by atoms with van der Waals surface area (Å²) in [6.45, 7) is 3.54. The zero-order valence-electron chi connectivity index (χ0n) is 22.7. The number of piperazine rings is 1. The molecule has 5 rings (SSSR count). The number of rotatable bonds is 9. The lowest BCUT2D eigenvalue weighted by Crippen LogP contribution is -2.50. The molecule has 1 aliphatic rings. The minimum absolute atomic E-state index is 0.0776. The molecule has 41 heavy (non-hydrogen) atoms. The van der Waals surface area contributed by atoms with Crippen LogP contribution in [0.4, 0.5) is 9.93 Å². The fourth-order valence-electron chi connectivity index (χ4n) is 4.45. The van der Waals surface area contributed by atoms with Crippen molar-refractivity contribution in [1.82, 2.24) is 24.0 Å². The van der Waals surface area contributed by atoms with Gasteiger partial charge < -0.3 is 14.4 Å². The number of carbonyl (C=O) groups excluding carboxylic acids is 2. The zero-order valence-corrected chi connectivity index (χ0v) is 24.3. The lowest BCUT2D eigenvalue weighted by Gasteiger charge is -2.33. The Bertz CT molecular complexity index is 1610. The molecule has 216 valence electrons. The van der Waals surface area contributed by atoms with E-state index in [1.807, 2.05) is 30.5 Å². The van der Waals surface area contributed by atoms with E-state index >= 15 is 0 Å². The molecular formula is C27H30N6O6S2. The van der Waals surface area contributed by atoms with Crippen LogP contribution in [-0.4, -0.2) is 90.8 Å². The van der Waals surface area contributed by atoms with Crippen molar-refractivity contribution in [2.45, 2.75) is 18.4 Å². The molecule has 12 nitrogen and oxygen atoms in total. The van der Waals surface area contributed by atoms with Crippen molar-refractivity contribution in [3.05, 3.63) is 66.5 Å². The van der Waals surface area contributed by atoms with Crippen molar-refractivity contribution in [3.8, 4) is 5.75 Å². The summed E-state index contributed by atoms with van der Waals surface area (Å²) in [6, 6.07) is 13.3. The second-order valence-corrected chi connectivity index (χ2v) is 12.1. The van der Waals surface area contributed by atoms with E-state index < -0.39 is 16.1 Å². The Kier molecular flexibility index (Phi) is 8.52. The average molecular weight is 599 g/mol. The molecule has 1 fully saturated rings. The normalized spacial score (nSPS) is 14.2. The van der Waals surface area contributed by atoms with Gasteiger partial charge in [-0.15, -0.1) is 0 Å². The molecule has 3 heterocycles. The minimum Gasteiger partial charge on any atom is -0.497 e. The van der Waals surface area contributed by atoms with Crippen molar-refractivity contribution in [1.29, 1.82) is 0 Å². The van der Waals surface area contributed by atoms with Gasteiger partial charge in [0.05, 0.1) is 35.4 Å². The molecule has 0 aliphatic carbocycles. The number of carbonyl (C=O) groups is 2. The van der Waals surface area contributed by atoms with Gasteiger partial charge in [0.15, 0.2) is 5.13 Å². The molecule has 2 aromatic carbocycles. The Morgan fingerprint density at radius 3 is 2.49 bits per heavy atom. The first kappa shape index (κ1) is 28.5. The molecule has 1 aliphatic heterocycles. The first-order chi connectivity index (χ1) is 19.8. The van der Waals surface area contributed by atoms with Gasteiger partial charge in [0.1, 0.15) is 5.75 Å². The molecule has 2 amide bonds. The maximum atomic E-state index is 13.7. The summed E-state index contributed by atoms with van der Waals surface area (Å²) in [7, 11) is -2.21. The summed E-state index contributed by atoms with van der Waals surface area (Å²) in [4.78, 5) is 33.5. The molecule has 0 unspecified atom stereocenters. The van der Waals surface area contributed by atoms with Crippen molar-refractivity contribution in [2.75, 3.05) is 51.3 Å². The fraction of sp³-hybridized carbons (Fsp3) is 0.333. The van der Waals surface area contributed by atoms with Gasteiger partial charge in [-0.3, -0.25) is 14.4 Å². The Morgan fingerprint density at radius 2 is 1.83 bits per heavy atom. The summed E-state index contributed by atoms with van der Waals surface area (Å²) >= 11 is 1.37. The number of sulfonamides is 1. The van der Waals surface area contributed by atoms with Gasteiger partial charge in [-0.2, -0.15) is 9.40 Å². The number of amides is 2. The zero-order chi connectivity index (χ0) is 29.0. The van der Waals surface area contributed by atoms with Crippen molar-refractivity contribution < 1.29 is 27.5 Å². The Morgan fingerprint density at radius 1 is 1.07 bits per heavy atom. The molecule has 4 aromatic rings. The second kappa shape index (κ2) is 12.2. The predicted molar refractivity (Wildman–Crippen MR) is 154 cm³/mol. The van der Waals surface area contributed by atoms with Gasteiger partial charge in [-0.05, 0) is 55.5 Å². The number of hydrogen-bond donors (Lipinski definition) is 0. The Hall–Kier alpha value is -4.01. The molecular weight excluding hydrogens is 568 g/mol. The number of thiazole rings is 1. The van der Waals surface area contributed by atoms with Gasteiger partial charge in [-0.25, -0.2) is 18.2 Å². The number of ether oxygens (including phenoxy) is 2. The number of hydrogen-bond acceptors (Lipinski definition) is 9. The highest BCUT2D eigenvalue weighted by Crippen LogP contribution is 2.32. The Labute approximate surface area is 241 Å². The summed E-state index contributed by atoms with van der Waals surface area (Å²) < 4.78 is 40.8. The number of aromatic nitrogens is 3.